The van der Waals surface area contributed by atoms with E-state index in [1.54, 1.807) is 10.5 Å². The molecular weight excluding hydrogens is 284 g/mol. The zero-order valence-electron chi connectivity index (χ0n) is 9.70. The molecule has 6 heteroatoms. The van der Waals surface area contributed by atoms with Crippen molar-refractivity contribution in [3.63, 3.8) is 0 Å². The number of Topliss-reactive ketones (excluding diaryl/α,β-unsaturated/α-hetero) is 1. The molecule has 90 valence electrons. The second kappa shape index (κ2) is 4.83. The van der Waals surface area contributed by atoms with Crippen LogP contribution < -0.4 is 5.32 Å². The van der Waals surface area contributed by atoms with Gasteiger partial charge in [0.15, 0.2) is 11.4 Å². The lowest BCUT2D eigenvalue weighted by Gasteiger charge is -2.04. The molecule has 0 aliphatic carbocycles. The van der Waals surface area contributed by atoms with E-state index in [4.69, 9.17) is 0 Å². The monoisotopic (exact) mass is 296 g/mol. The Kier molecular flexibility index (Phi) is 3.42. The van der Waals surface area contributed by atoms with Crippen molar-refractivity contribution in [2.75, 3.05) is 11.9 Å². The molecule has 1 N–H and O–H groups in total. The Morgan fingerprint density at radius 1 is 1.53 bits per heavy atom. The fraction of sp³-hybridized carbons (Fsp3) is 0.364. The maximum atomic E-state index is 11.5. The number of pyridine rings is 1. The molecule has 0 saturated heterocycles. The Morgan fingerprint density at radius 2 is 2.29 bits per heavy atom. The van der Waals surface area contributed by atoms with Gasteiger partial charge in [-0.3, -0.25) is 9.20 Å². The van der Waals surface area contributed by atoms with Crippen molar-refractivity contribution in [1.82, 2.24) is 14.6 Å². The highest BCUT2D eigenvalue weighted by Crippen LogP contribution is 2.19. The van der Waals surface area contributed by atoms with Crippen molar-refractivity contribution in [3.8, 4) is 0 Å². The Morgan fingerprint density at radius 3 is 2.94 bits per heavy atom. The van der Waals surface area contributed by atoms with Crippen molar-refractivity contribution >= 4 is 33.3 Å². The standard InChI is InChI=1S/C11H13BrN4O/c1-3-4-13-11-15-14-10-9(7(2)17)5-8(12)6-16(10)11/h5-6H,3-4H2,1-2H3,(H,13,15). The van der Waals surface area contributed by atoms with Crippen LogP contribution in [0.15, 0.2) is 16.7 Å². The topological polar surface area (TPSA) is 59.3 Å². The maximum absolute atomic E-state index is 11.5. The fourth-order valence-corrected chi connectivity index (χ4v) is 2.01. The van der Waals surface area contributed by atoms with Crippen molar-refractivity contribution in [3.05, 3.63) is 22.3 Å². The summed E-state index contributed by atoms with van der Waals surface area (Å²) in [6.45, 7) is 4.42. The SMILES string of the molecule is CCCNc1nnc2c(C(C)=O)cc(Br)cn12. The summed E-state index contributed by atoms with van der Waals surface area (Å²) in [5, 5.41) is 11.3. The summed E-state index contributed by atoms with van der Waals surface area (Å²) in [4.78, 5) is 11.5. The molecule has 0 aromatic carbocycles. The zero-order chi connectivity index (χ0) is 12.4. The normalized spacial score (nSPS) is 10.8. The van der Waals surface area contributed by atoms with E-state index in [1.165, 1.54) is 6.92 Å². The highest BCUT2D eigenvalue weighted by molar-refractivity contribution is 9.10. The van der Waals surface area contributed by atoms with Gasteiger partial charge in [-0.1, -0.05) is 6.92 Å². The number of ketones is 1. The van der Waals surface area contributed by atoms with Gasteiger partial charge in [0.2, 0.25) is 5.95 Å². The van der Waals surface area contributed by atoms with Gasteiger partial charge < -0.3 is 5.32 Å². The van der Waals surface area contributed by atoms with Crippen LogP contribution in [0.4, 0.5) is 5.95 Å². The lowest BCUT2D eigenvalue weighted by Crippen LogP contribution is -2.05. The Balaban J connectivity index is 2.56. The molecule has 0 aliphatic rings. The third kappa shape index (κ3) is 2.31. The van der Waals surface area contributed by atoms with Crippen LogP contribution >= 0.6 is 15.9 Å². The number of nitrogens with zero attached hydrogens (tertiary/aromatic N) is 3. The number of carbonyl (C=O) groups excluding carboxylic acids is 1. The molecule has 0 saturated carbocycles. The van der Waals surface area contributed by atoms with Gasteiger partial charge in [0.05, 0.1) is 5.56 Å². The van der Waals surface area contributed by atoms with Crippen molar-refractivity contribution in [1.29, 1.82) is 0 Å². The number of carbonyl (C=O) groups is 1. The van der Waals surface area contributed by atoms with E-state index in [2.05, 4.69) is 38.4 Å². The van der Waals surface area contributed by atoms with Gasteiger partial charge in [-0.15, -0.1) is 10.2 Å². The molecule has 0 spiro atoms. The van der Waals surface area contributed by atoms with Crippen LogP contribution in [-0.2, 0) is 0 Å². The van der Waals surface area contributed by atoms with Gasteiger partial charge in [-0.25, -0.2) is 0 Å². The smallest absolute Gasteiger partial charge is 0.229 e. The van der Waals surface area contributed by atoms with Gasteiger partial charge in [0, 0.05) is 17.2 Å². The molecule has 0 fully saturated rings. The first-order chi connectivity index (χ1) is 8.13. The molecule has 5 nitrogen and oxygen atoms in total. The second-order valence-electron chi connectivity index (χ2n) is 3.77. The fourth-order valence-electron chi connectivity index (χ4n) is 1.58. The molecule has 0 unspecified atom stereocenters. The summed E-state index contributed by atoms with van der Waals surface area (Å²) < 4.78 is 2.62. The van der Waals surface area contributed by atoms with Crippen LogP contribution in [-0.4, -0.2) is 26.9 Å². The number of fused-ring (bicyclic) bond motifs is 1. The molecule has 17 heavy (non-hydrogen) atoms. The number of anilines is 1. The van der Waals surface area contributed by atoms with E-state index < -0.39 is 0 Å². The molecule has 0 atom stereocenters. The first-order valence-electron chi connectivity index (χ1n) is 5.42. The summed E-state index contributed by atoms with van der Waals surface area (Å²) in [5.41, 5.74) is 1.15. The summed E-state index contributed by atoms with van der Waals surface area (Å²) in [5.74, 6) is 0.636. The van der Waals surface area contributed by atoms with E-state index in [0.717, 1.165) is 17.4 Å². The molecular formula is C11H13BrN4O. The van der Waals surface area contributed by atoms with E-state index >= 15 is 0 Å². The van der Waals surface area contributed by atoms with E-state index in [-0.39, 0.29) is 5.78 Å². The van der Waals surface area contributed by atoms with Gasteiger partial charge in [-0.2, -0.15) is 0 Å². The van der Waals surface area contributed by atoms with Crippen molar-refractivity contribution in [2.45, 2.75) is 20.3 Å². The summed E-state index contributed by atoms with van der Waals surface area (Å²) in [6.07, 6.45) is 2.85. The van der Waals surface area contributed by atoms with Crippen molar-refractivity contribution in [2.24, 2.45) is 0 Å². The molecule has 2 rings (SSSR count). The lowest BCUT2D eigenvalue weighted by molar-refractivity contribution is 0.101. The highest BCUT2D eigenvalue weighted by Gasteiger charge is 2.13. The predicted molar refractivity (Wildman–Crippen MR) is 69.5 cm³/mol. The Hall–Kier alpha value is -1.43. The quantitative estimate of drug-likeness (QED) is 0.881. The molecule has 0 bridgehead atoms. The first-order valence-corrected chi connectivity index (χ1v) is 6.22. The van der Waals surface area contributed by atoms with Gasteiger partial charge in [0.1, 0.15) is 0 Å². The first kappa shape index (κ1) is 12.0. The largest absolute Gasteiger partial charge is 0.354 e. The lowest BCUT2D eigenvalue weighted by atomic mass is 10.2. The van der Waals surface area contributed by atoms with Crippen molar-refractivity contribution < 1.29 is 4.79 Å². The summed E-state index contributed by atoms with van der Waals surface area (Å²) in [6, 6.07) is 1.76. The van der Waals surface area contributed by atoms with Crippen LogP contribution in [0, 0.1) is 0 Å². The average Bonchev–Trinajstić information content (AvgIpc) is 2.68. The van der Waals surface area contributed by atoms with Gasteiger partial charge in [0.25, 0.3) is 0 Å². The number of rotatable bonds is 4. The highest BCUT2D eigenvalue weighted by atomic mass is 79.9. The summed E-state index contributed by atoms with van der Waals surface area (Å²) in [7, 11) is 0. The maximum Gasteiger partial charge on any atom is 0.229 e. The van der Waals surface area contributed by atoms with E-state index in [1.807, 2.05) is 6.20 Å². The molecule has 0 aliphatic heterocycles. The average molecular weight is 297 g/mol. The third-order valence-electron chi connectivity index (χ3n) is 2.38. The minimum atomic E-state index is -0.0225. The minimum absolute atomic E-state index is 0.0225. The Bertz CT molecular complexity index is 564. The molecule has 2 aromatic heterocycles. The zero-order valence-corrected chi connectivity index (χ0v) is 11.3. The molecule has 0 amide bonds. The summed E-state index contributed by atoms with van der Waals surface area (Å²) >= 11 is 3.38. The number of aromatic nitrogens is 3. The number of halogens is 1. The second-order valence-corrected chi connectivity index (χ2v) is 4.69. The Labute approximate surface area is 107 Å². The van der Waals surface area contributed by atoms with E-state index in [0.29, 0.717) is 17.2 Å². The number of hydrogen-bond donors (Lipinski definition) is 1. The molecule has 0 radical (unpaired) electrons. The predicted octanol–water partition coefficient (Wildman–Crippen LogP) is 2.52. The van der Waals surface area contributed by atoms with Crippen LogP contribution in [0.2, 0.25) is 0 Å². The van der Waals surface area contributed by atoms with Gasteiger partial charge >= 0.3 is 0 Å². The van der Waals surface area contributed by atoms with Crippen LogP contribution in [0.3, 0.4) is 0 Å². The molecule has 2 heterocycles. The number of nitrogens with one attached hydrogen (secondary N) is 1. The number of hydrogen-bond acceptors (Lipinski definition) is 4. The minimum Gasteiger partial charge on any atom is -0.354 e. The van der Waals surface area contributed by atoms with Crippen LogP contribution in [0.25, 0.3) is 5.65 Å². The third-order valence-corrected chi connectivity index (χ3v) is 2.82. The molecule has 2 aromatic rings. The van der Waals surface area contributed by atoms with Crippen LogP contribution in [0.5, 0.6) is 0 Å². The van der Waals surface area contributed by atoms with Crippen LogP contribution in [0.1, 0.15) is 30.6 Å². The van der Waals surface area contributed by atoms with E-state index in [9.17, 15) is 4.79 Å². The van der Waals surface area contributed by atoms with Gasteiger partial charge in [-0.05, 0) is 35.3 Å².